The summed E-state index contributed by atoms with van der Waals surface area (Å²) in [6.07, 6.45) is 3.50. The van der Waals surface area contributed by atoms with Crippen LogP contribution in [0.3, 0.4) is 0 Å². The number of carbonyl (C=O) groups excluding carboxylic acids is 1. The minimum atomic E-state index is -0.205. The Morgan fingerprint density at radius 1 is 1.20 bits per heavy atom. The number of aromatic nitrogens is 4. The first kappa shape index (κ1) is 16.9. The zero-order valence-electron chi connectivity index (χ0n) is 13.6. The van der Waals surface area contributed by atoms with Gasteiger partial charge in [0.25, 0.3) is 5.91 Å². The molecule has 8 heteroatoms. The molecule has 3 rings (SSSR count). The van der Waals surface area contributed by atoms with Gasteiger partial charge in [0.1, 0.15) is 11.6 Å². The summed E-state index contributed by atoms with van der Waals surface area (Å²) in [5, 5.41) is 10.6. The molecule has 2 N–H and O–H groups in total. The van der Waals surface area contributed by atoms with Crippen molar-refractivity contribution >= 4 is 23.3 Å². The van der Waals surface area contributed by atoms with E-state index >= 15 is 0 Å². The molecule has 3 aromatic rings. The average molecular weight is 357 g/mol. The summed E-state index contributed by atoms with van der Waals surface area (Å²) in [5.74, 6) is 1.78. The molecule has 1 aromatic carbocycles. The van der Waals surface area contributed by atoms with Crippen molar-refractivity contribution in [3.63, 3.8) is 0 Å². The first-order valence-electron chi connectivity index (χ1n) is 7.76. The number of nitrogens with zero attached hydrogens (tertiary/aromatic N) is 4. The number of carbonyl (C=O) groups is 1. The minimum Gasteiger partial charge on any atom is -0.368 e. The van der Waals surface area contributed by atoms with Gasteiger partial charge in [-0.05, 0) is 25.1 Å². The van der Waals surface area contributed by atoms with E-state index in [1.165, 1.54) is 0 Å². The number of hydrogen-bond donors (Lipinski definition) is 2. The fourth-order valence-electron chi connectivity index (χ4n) is 2.27. The second kappa shape index (κ2) is 7.76. The molecule has 0 aliphatic rings. The van der Waals surface area contributed by atoms with Gasteiger partial charge in [0, 0.05) is 31.5 Å². The smallest absolute Gasteiger partial charge is 0.252 e. The van der Waals surface area contributed by atoms with Gasteiger partial charge in [-0.1, -0.05) is 23.7 Å². The fourth-order valence-corrected chi connectivity index (χ4v) is 2.49. The molecule has 128 valence electrons. The quantitative estimate of drug-likeness (QED) is 0.663. The molecule has 0 spiro atoms. The predicted octanol–water partition coefficient (Wildman–Crippen LogP) is 2.47. The number of anilines is 1. The summed E-state index contributed by atoms with van der Waals surface area (Å²) >= 11 is 6.01. The molecule has 2 aromatic heterocycles. The van der Waals surface area contributed by atoms with Gasteiger partial charge in [0.05, 0.1) is 10.6 Å². The maximum absolute atomic E-state index is 12.1. The molecule has 0 fully saturated rings. The third-order valence-electron chi connectivity index (χ3n) is 3.40. The van der Waals surface area contributed by atoms with Crippen LogP contribution in [0.2, 0.25) is 5.02 Å². The minimum absolute atomic E-state index is 0.205. The number of aryl methyl sites for hydroxylation is 1. The van der Waals surface area contributed by atoms with E-state index in [9.17, 15) is 4.79 Å². The molecule has 0 saturated heterocycles. The van der Waals surface area contributed by atoms with Crippen molar-refractivity contribution in [1.29, 1.82) is 0 Å². The van der Waals surface area contributed by atoms with E-state index in [4.69, 9.17) is 11.6 Å². The summed E-state index contributed by atoms with van der Waals surface area (Å²) in [5.41, 5.74) is 0.461. The van der Waals surface area contributed by atoms with Gasteiger partial charge in [0.2, 0.25) is 0 Å². The zero-order valence-corrected chi connectivity index (χ0v) is 14.4. The molecular formula is C17H17ClN6O. The van der Waals surface area contributed by atoms with Gasteiger partial charge < -0.3 is 10.6 Å². The monoisotopic (exact) mass is 356 g/mol. The molecule has 2 heterocycles. The van der Waals surface area contributed by atoms with Crippen molar-refractivity contribution < 1.29 is 4.79 Å². The molecule has 25 heavy (non-hydrogen) atoms. The number of nitrogens with one attached hydrogen (secondary N) is 2. The van der Waals surface area contributed by atoms with Crippen LogP contribution in [-0.2, 0) is 0 Å². The third kappa shape index (κ3) is 4.33. The van der Waals surface area contributed by atoms with Crippen LogP contribution in [-0.4, -0.2) is 38.7 Å². The Labute approximate surface area is 150 Å². The molecule has 0 aliphatic carbocycles. The average Bonchev–Trinajstić information content (AvgIpc) is 3.13. The van der Waals surface area contributed by atoms with Crippen molar-refractivity contribution in [3.05, 3.63) is 65.2 Å². The molecule has 0 saturated carbocycles. The lowest BCUT2D eigenvalue weighted by atomic mass is 10.2. The SMILES string of the molecule is Cc1nc(NCCNC(=O)c2ccccc2Cl)cc(-n2cccn2)n1. The summed E-state index contributed by atoms with van der Waals surface area (Å²) in [6, 6.07) is 10.6. The van der Waals surface area contributed by atoms with Crippen molar-refractivity contribution in [2.75, 3.05) is 18.4 Å². The Morgan fingerprint density at radius 3 is 2.80 bits per heavy atom. The van der Waals surface area contributed by atoms with Gasteiger partial charge in [-0.15, -0.1) is 0 Å². The highest BCUT2D eigenvalue weighted by atomic mass is 35.5. The van der Waals surface area contributed by atoms with Crippen molar-refractivity contribution in [3.8, 4) is 5.82 Å². The van der Waals surface area contributed by atoms with E-state index in [0.717, 1.165) is 0 Å². The second-order valence-corrected chi connectivity index (χ2v) is 5.68. The first-order valence-corrected chi connectivity index (χ1v) is 8.13. The van der Waals surface area contributed by atoms with Crippen molar-refractivity contribution in [2.45, 2.75) is 6.92 Å². The fraction of sp³-hybridized carbons (Fsp3) is 0.176. The van der Waals surface area contributed by atoms with E-state index < -0.39 is 0 Å². The summed E-state index contributed by atoms with van der Waals surface area (Å²) in [4.78, 5) is 20.8. The van der Waals surface area contributed by atoms with Crippen LogP contribution >= 0.6 is 11.6 Å². The van der Waals surface area contributed by atoms with Crippen molar-refractivity contribution in [2.24, 2.45) is 0 Å². The molecular weight excluding hydrogens is 340 g/mol. The van der Waals surface area contributed by atoms with Gasteiger partial charge in [-0.2, -0.15) is 5.10 Å². The molecule has 0 atom stereocenters. The topological polar surface area (TPSA) is 84.7 Å². The van der Waals surface area contributed by atoms with E-state index in [2.05, 4.69) is 25.7 Å². The molecule has 1 amide bonds. The van der Waals surface area contributed by atoms with Crippen LogP contribution in [0.4, 0.5) is 5.82 Å². The number of benzene rings is 1. The third-order valence-corrected chi connectivity index (χ3v) is 3.73. The molecule has 0 bridgehead atoms. The summed E-state index contributed by atoms with van der Waals surface area (Å²) in [6.45, 7) is 2.77. The van der Waals surface area contributed by atoms with Gasteiger partial charge in [0.15, 0.2) is 5.82 Å². The van der Waals surface area contributed by atoms with Crippen molar-refractivity contribution in [1.82, 2.24) is 25.1 Å². The zero-order chi connectivity index (χ0) is 17.6. The lowest BCUT2D eigenvalue weighted by Gasteiger charge is -2.10. The number of hydrogen-bond acceptors (Lipinski definition) is 5. The summed E-state index contributed by atoms with van der Waals surface area (Å²) < 4.78 is 1.67. The van der Waals surface area contributed by atoms with Crippen LogP contribution in [0.25, 0.3) is 5.82 Å². The Hall–Kier alpha value is -2.93. The number of halogens is 1. The van der Waals surface area contributed by atoms with Crippen LogP contribution < -0.4 is 10.6 Å². The van der Waals surface area contributed by atoms with Gasteiger partial charge >= 0.3 is 0 Å². The van der Waals surface area contributed by atoms with E-state index in [1.54, 1.807) is 41.2 Å². The largest absolute Gasteiger partial charge is 0.368 e. The highest BCUT2D eigenvalue weighted by molar-refractivity contribution is 6.33. The Morgan fingerprint density at radius 2 is 2.04 bits per heavy atom. The molecule has 0 aliphatic heterocycles. The Balaban J connectivity index is 1.56. The van der Waals surface area contributed by atoms with E-state index in [1.807, 2.05) is 19.2 Å². The number of amides is 1. The summed E-state index contributed by atoms with van der Waals surface area (Å²) in [7, 11) is 0. The normalized spacial score (nSPS) is 10.5. The van der Waals surface area contributed by atoms with E-state index in [-0.39, 0.29) is 5.91 Å². The molecule has 0 radical (unpaired) electrons. The Kier molecular flexibility index (Phi) is 5.25. The Bertz CT molecular complexity index is 865. The lowest BCUT2D eigenvalue weighted by Crippen LogP contribution is -2.29. The van der Waals surface area contributed by atoms with E-state index in [0.29, 0.717) is 41.1 Å². The molecule has 7 nitrogen and oxygen atoms in total. The number of rotatable bonds is 6. The first-order chi connectivity index (χ1) is 12.1. The maximum Gasteiger partial charge on any atom is 0.252 e. The highest BCUT2D eigenvalue weighted by Crippen LogP contribution is 2.14. The highest BCUT2D eigenvalue weighted by Gasteiger charge is 2.08. The van der Waals surface area contributed by atoms with Gasteiger partial charge in [-0.3, -0.25) is 4.79 Å². The van der Waals surface area contributed by atoms with Crippen LogP contribution in [0.15, 0.2) is 48.8 Å². The van der Waals surface area contributed by atoms with Crippen LogP contribution in [0, 0.1) is 6.92 Å². The second-order valence-electron chi connectivity index (χ2n) is 5.27. The lowest BCUT2D eigenvalue weighted by molar-refractivity contribution is 0.0955. The van der Waals surface area contributed by atoms with Crippen LogP contribution in [0.1, 0.15) is 16.2 Å². The van der Waals surface area contributed by atoms with Gasteiger partial charge in [-0.25, -0.2) is 14.6 Å². The predicted molar refractivity (Wildman–Crippen MR) is 96.2 cm³/mol. The molecule has 0 unspecified atom stereocenters. The van der Waals surface area contributed by atoms with Crippen LogP contribution in [0.5, 0.6) is 0 Å². The standard InChI is InChI=1S/C17H17ClN6O/c1-12-22-15(11-16(23-12)24-10-4-7-21-24)19-8-9-20-17(25)13-5-2-3-6-14(13)18/h2-7,10-11H,8-9H2,1H3,(H,20,25)(H,19,22,23). The maximum atomic E-state index is 12.1.